The summed E-state index contributed by atoms with van der Waals surface area (Å²) in [6, 6.07) is 10.6. The maximum atomic E-state index is 12.7. The van der Waals surface area contributed by atoms with Crippen molar-refractivity contribution in [2.45, 2.75) is 32.4 Å². The first-order chi connectivity index (χ1) is 11.3. The summed E-state index contributed by atoms with van der Waals surface area (Å²) in [4.78, 5) is 14.7. The minimum Gasteiger partial charge on any atom is -0.333 e. The van der Waals surface area contributed by atoms with Gasteiger partial charge in [-0.1, -0.05) is 31.2 Å². The van der Waals surface area contributed by atoms with Crippen LogP contribution in [0.5, 0.6) is 0 Å². The van der Waals surface area contributed by atoms with Crippen molar-refractivity contribution in [3.63, 3.8) is 0 Å². The van der Waals surface area contributed by atoms with Crippen LogP contribution in [0.4, 0.5) is 0 Å². The lowest BCUT2D eigenvalue weighted by molar-refractivity contribution is -0.134. The molecule has 0 spiro atoms. The minimum atomic E-state index is 0. The standard InChI is InChI=1S/C18H24N4O.2ClH/c1-2-15-4-6-16(7-5-15)17-14-19-10-13-22(17)18(23)8-12-21-11-3-9-20-21;;/h3-7,9,11,17,19H,2,8,10,12-14H2,1H3;2*1H. The number of aromatic nitrogens is 2. The molecule has 1 atom stereocenters. The summed E-state index contributed by atoms with van der Waals surface area (Å²) in [5.74, 6) is 0.201. The molecule has 1 amide bonds. The second-order valence-corrected chi connectivity index (χ2v) is 5.92. The number of hydrogen-bond donors (Lipinski definition) is 1. The van der Waals surface area contributed by atoms with Crippen LogP contribution in [0.2, 0.25) is 0 Å². The third-order valence-corrected chi connectivity index (χ3v) is 4.45. The van der Waals surface area contributed by atoms with E-state index in [-0.39, 0.29) is 36.8 Å². The number of rotatable bonds is 5. The highest BCUT2D eigenvalue weighted by Gasteiger charge is 2.27. The molecular weight excluding hydrogens is 359 g/mol. The first kappa shape index (κ1) is 21.5. The number of piperazine rings is 1. The molecule has 1 fully saturated rings. The number of carbonyl (C=O) groups excluding carboxylic acids is 1. The molecule has 138 valence electrons. The molecule has 1 N–H and O–H groups in total. The van der Waals surface area contributed by atoms with Gasteiger partial charge in [-0.25, -0.2) is 0 Å². The number of benzene rings is 1. The maximum absolute atomic E-state index is 12.7. The van der Waals surface area contributed by atoms with E-state index in [1.54, 1.807) is 6.20 Å². The molecule has 0 radical (unpaired) electrons. The van der Waals surface area contributed by atoms with Gasteiger partial charge in [-0.15, -0.1) is 24.8 Å². The third-order valence-electron chi connectivity index (χ3n) is 4.45. The Morgan fingerprint density at radius 2 is 2.04 bits per heavy atom. The van der Waals surface area contributed by atoms with E-state index in [1.807, 2.05) is 21.8 Å². The molecule has 0 saturated carbocycles. The van der Waals surface area contributed by atoms with E-state index in [0.717, 1.165) is 26.1 Å². The Labute approximate surface area is 161 Å². The Bertz CT molecular complexity index is 631. The summed E-state index contributed by atoms with van der Waals surface area (Å²) in [5, 5.41) is 7.57. The average molecular weight is 385 g/mol. The summed E-state index contributed by atoms with van der Waals surface area (Å²) in [7, 11) is 0. The second kappa shape index (κ2) is 10.4. The lowest BCUT2D eigenvalue weighted by Crippen LogP contribution is -2.48. The minimum absolute atomic E-state index is 0. The molecule has 1 aliphatic heterocycles. The molecule has 0 aliphatic carbocycles. The normalized spacial score (nSPS) is 16.7. The SMILES string of the molecule is CCc1ccc(C2CNCCN2C(=O)CCn2cccn2)cc1.Cl.Cl. The molecule has 5 nitrogen and oxygen atoms in total. The third kappa shape index (κ3) is 5.46. The van der Waals surface area contributed by atoms with Crippen LogP contribution in [0, 0.1) is 0 Å². The van der Waals surface area contributed by atoms with Gasteiger partial charge in [0.05, 0.1) is 6.04 Å². The lowest BCUT2D eigenvalue weighted by Gasteiger charge is -2.36. The van der Waals surface area contributed by atoms with Crippen molar-refractivity contribution in [3.05, 3.63) is 53.9 Å². The highest BCUT2D eigenvalue weighted by molar-refractivity contribution is 5.85. The first-order valence-electron chi connectivity index (χ1n) is 8.34. The number of hydrogen-bond acceptors (Lipinski definition) is 3. The van der Waals surface area contributed by atoms with Crippen molar-refractivity contribution in [3.8, 4) is 0 Å². The van der Waals surface area contributed by atoms with Crippen LogP contribution < -0.4 is 5.32 Å². The van der Waals surface area contributed by atoms with Gasteiger partial charge in [0, 0.05) is 45.0 Å². The largest absolute Gasteiger partial charge is 0.333 e. The molecule has 1 aromatic heterocycles. The van der Waals surface area contributed by atoms with E-state index >= 15 is 0 Å². The first-order valence-corrected chi connectivity index (χ1v) is 8.34. The molecule has 3 rings (SSSR count). The molecule has 1 unspecified atom stereocenters. The molecule has 2 aromatic rings. The molecule has 1 saturated heterocycles. The van der Waals surface area contributed by atoms with Crippen LogP contribution in [0.15, 0.2) is 42.7 Å². The van der Waals surface area contributed by atoms with Crippen LogP contribution >= 0.6 is 24.8 Å². The van der Waals surface area contributed by atoms with Gasteiger partial charge in [-0.05, 0) is 23.6 Å². The molecule has 2 heterocycles. The van der Waals surface area contributed by atoms with Gasteiger partial charge in [0.25, 0.3) is 0 Å². The Kier molecular flexibility index (Phi) is 8.97. The zero-order valence-electron chi connectivity index (χ0n) is 14.4. The fraction of sp³-hybridized carbons (Fsp3) is 0.444. The van der Waals surface area contributed by atoms with E-state index in [2.05, 4.69) is 41.6 Å². The highest BCUT2D eigenvalue weighted by atomic mass is 35.5. The Morgan fingerprint density at radius 3 is 2.68 bits per heavy atom. The number of nitrogens with zero attached hydrogens (tertiary/aromatic N) is 3. The van der Waals surface area contributed by atoms with Crippen LogP contribution in [-0.2, 0) is 17.8 Å². The van der Waals surface area contributed by atoms with E-state index in [4.69, 9.17) is 0 Å². The predicted molar refractivity (Wildman–Crippen MR) is 104 cm³/mol. The van der Waals surface area contributed by atoms with E-state index in [9.17, 15) is 4.79 Å². The average Bonchev–Trinajstić information content (AvgIpc) is 3.13. The predicted octanol–water partition coefficient (Wildman–Crippen LogP) is 2.85. The zero-order valence-corrected chi connectivity index (χ0v) is 16.1. The van der Waals surface area contributed by atoms with Crippen LogP contribution in [0.1, 0.15) is 30.5 Å². The maximum Gasteiger partial charge on any atom is 0.225 e. The van der Waals surface area contributed by atoms with Crippen molar-refractivity contribution < 1.29 is 4.79 Å². The van der Waals surface area contributed by atoms with E-state index in [0.29, 0.717) is 13.0 Å². The molecule has 1 aromatic carbocycles. The molecule has 7 heteroatoms. The number of halogens is 2. The highest BCUT2D eigenvalue weighted by Crippen LogP contribution is 2.23. The van der Waals surface area contributed by atoms with Gasteiger partial charge in [-0.3, -0.25) is 9.48 Å². The summed E-state index contributed by atoms with van der Waals surface area (Å²) in [6.07, 6.45) is 5.17. The second-order valence-electron chi connectivity index (χ2n) is 5.92. The topological polar surface area (TPSA) is 50.2 Å². The molecule has 25 heavy (non-hydrogen) atoms. The Hall–Kier alpha value is -1.56. The number of amides is 1. The summed E-state index contributed by atoms with van der Waals surface area (Å²) < 4.78 is 1.81. The number of aryl methyl sites for hydroxylation is 2. The van der Waals surface area contributed by atoms with Gasteiger partial charge in [-0.2, -0.15) is 5.10 Å². The molecular formula is C18H26Cl2N4O. The number of carbonyl (C=O) groups is 1. The Morgan fingerprint density at radius 1 is 1.28 bits per heavy atom. The van der Waals surface area contributed by atoms with Gasteiger partial charge in [0.15, 0.2) is 0 Å². The van der Waals surface area contributed by atoms with Crippen LogP contribution in [-0.4, -0.2) is 40.2 Å². The van der Waals surface area contributed by atoms with E-state index < -0.39 is 0 Å². The fourth-order valence-electron chi connectivity index (χ4n) is 3.06. The van der Waals surface area contributed by atoms with Crippen molar-refractivity contribution >= 4 is 30.7 Å². The summed E-state index contributed by atoms with van der Waals surface area (Å²) in [5.41, 5.74) is 2.54. The van der Waals surface area contributed by atoms with Crippen LogP contribution in [0.3, 0.4) is 0 Å². The van der Waals surface area contributed by atoms with Crippen molar-refractivity contribution in [2.75, 3.05) is 19.6 Å². The van der Waals surface area contributed by atoms with E-state index in [1.165, 1.54) is 11.1 Å². The Balaban J connectivity index is 0.00000156. The monoisotopic (exact) mass is 384 g/mol. The molecule has 0 bridgehead atoms. The number of nitrogens with one attached hydrogen (secondary N) is 1. The summed E-state index contributed by atoms with van der Waals surface area (Å²) in [6.45, 7) is 5.23. The van der Waals surface area contributed by atoms with Crippen molar-refractivity contribution in [1.82, 2.24) is 20.0 Å². The molecule has 1 aliphatic rings. The van der Waals surface area contributed by atoms with Gasteiger partial charge in [0.1, 0.15) is 0 Å². The summed E-state index contributed by atoms with van der Waals surface area (Å²) >= 11 is 0. The lowest BCUT2D eigenvalue weighted by atomic mass is 10.0. The van der Waals surface area contributed by atoms with Crippen molar-refractivity contribution in [1.29, 1.82) is 0 Å². The smallest absolute Gasteiger partial charge is 0.225 e. The van der Waals surface area contributed by atoms with Crippen LogP contribution in [0.25, 0.3) is 0 Å². The fourth-order valence-corrected chi connectivity index (χ4v) is 3.06. The van der Waals surface area contributed by atoms with Crippen molar-refractivity contribution in [2.24, 2.45) is 0 Å². The van der Waals surface area contributed by atoms with Gasteiger partial charge >= 0.3 is 0 Å². The quantitative estimate of drug-likeness (QED) is 0.861. The zero-order chi connectivity index (χ0) is 16.1. The van der Waals surface area contributed by atoms with Gasteiger partial charge in [0.2, 0.25) is 5.91 Å². The van der Waals surface area contributed by atoms with Gasteiger partial charge < -0.3 is 10.2 Å².